The molecule has 2 aromatic rings. The zero-order chi connectivity index (χ0) is 25.2. The molecule has 4 rings (SSSR count). The lowest BCUT2D eigenvalue weighted by Gasteiger charge is -2.27. The first-order chi connectivity index (χ1) is 17.6. The van der Waals surface area contributed by atoms with Gasteiger partial charge in [-0.3, -0.25) is 19.3 Å². The van der Waals surface area contributed by atoms with Crippen molar-refractivity contribution >= 4 is 35.2 Å². The maximum atomic E-state index is 12.6. The van der Waals surface area contributed by atoms with Crippen molar-refractivity contribution in [3.05, 3.63) is 59.8 Å². The molecule has 1 aromatic carbocycles. The highest BCUT2D eigenvalue weighted by atomic mass is 16.5. The van der Waals surface area contributed by atoms with E-state index in [-0.39, 0.29) is 5.78 Å². The number of allylic oxidation sites excluding steroid dienone is 1. The van der Waals surface area contributed by atoms with Gasteiger partial charge in [0.15, 0.2) is 5.78 Å². The number of pyridine rings is 1. The molecule has 1 aromatic heterocycles. The summed E-state index contributed by atoms with van der Waals surface area (Å²) in [7, 11) is 0. The number of hydrogen-bond acceptors (Lipinski definition) is 8. The Labute approximate surface area is 210 Å². The number of aromatic nitrogens is 1. The van der Waals surface area contributed by atoms with Crippen molar-refractivity contribution in [3.8, 4) is 0 Å². The van der Waals surface area contributed by atoms with E-state index in [1.807, 2.05) is 18.2 Å². The molecule has 2 amide bonds. The number of rotatable bonds is 8. The third-order valence-corrected chi connectivity index (χ3v) is 5.95. The standard InChI is InChI=1S/C26H31N5O5/c32-23(9-8-21-2-1-3-24(28-21)31-14-18-36-19-15-31)20-4-6-22(7-5-20)29-26(34)25(33)27-10-11-30-12-16-35-17-13-30/h1-9H,10-19H2,(H,27,33)(H,29,34)/b9-8+. The van der Waals surface area contributed by atoms with Gasteiger partial charge in [0.1, 0.15) is 5.82 Å². The summed E-state index contributed by atoms with van der Waals surface area (Å²) in [6, 6.07) is 12.1. The van der Waals surface area contributed by atoms with E-state index < -0.39 is 11.8 Å². The second kappa shape index (κ2) is 12.9. The lowest BCUT2D eigenvalue weighted by atomic mass is 10.1. The van der Waals surface area contributed by atoms with Crippen LogP contribution in [0.5, 0.6) is 0 Å². The number of amides is 2. The predicted octanol–water partition coefficient (Wildman–Crippen LogP) is 1.20. The van der Waals surface area contributed by atoms with Crippen LogP contribution in [-0.2, 0) is 19.1 Å². The van der Waals surface area contributed by atoms with Crippen LogP contribution in [-0.4, -0.2) is 93.2 Å². The van der Waals surface area contributed by atoms with Gasteiger partial charge in [-0.2, -0.15) is 0 Å². The molecule has 2 aliphatic heterocycles. The van der Waals surface area contributed by atoms with E-state index in [2.05, 4.69) is 25.4 Å². The number of hydrogen-bond donors (Lipinski definition) is 2. The number of nitrogens with one attached hydrogen (secondary N) is 2. The van der Waals surface area contributed by atoms with Crippen molar-refractivity contribution in [2.75, 3.05) is 75.9 Å². The average molecular weight is 494 g/mol. The van der Waals surface area contributed by atoms with Crippen LogP contribution in [0.25, 0.3) is 6.08 Å². The molecule has 0 radical (unpaired) electrons. The van der Waals surface area contributed by atoms with E-state index in [0.29, 0.717) is 56.5 Å². The fourth-order valence-corrected chi connectivity index (χ4v) is 3.90. The Morgan fingerprint density at radius 2 is 1.58 bits per heavy atom. The number of ketones is 1. The third kappa shape index (κ3) is 7.45. The molecule has 36 heavy (non-hydrogen) atoms. The Balaban J connectivity index is 1.25. The van der Waals surface area contributed by atoms with Gasteiger partial charge in [-0.1, -0.05) is 6.07 Å². The van der Waals surface area contributed by atoms with Gasteiger partial charge in [0.05, 0.1) is 32.1 Å². The minimum absolute atomic E-state index is 0.188. The molecule has 0 aliphatic carbocycles. The molecule has 2 fully saturated rings. The van der Waals surface area contributed by atoms with E-state index in [0.717, 1.165) is 32.0 Å². The largest absolute Gasteiger partial charge is 0.379 e. The van der Waals surface area contributed by atoms with Crippen LogP contribution in [0.4, 0.5) is 11.5 Å². The zero-order valence-corrected chi connectivity index (χ0v) is 20.2. The Morgan fingerprint density at radius 1 is 0.889 bits per heavy atom. The molecule has 0 atom stereocenters. The van der Waals surface area contributed by atoms with Crippen molar-refractivity contribution in [1.82, 2.24) is 15.2 Å². The SMILES string of the molecule is O=C(NCCN1CCOCC1)C(=O)Nc1ccc(C(=O)/C=C/c2cccc(N3CCOCC3)n2)cc1. The molecule has 0 spiro atoms. The number of ether oxygens (including phenoxy) is 2. The van der Waals surface area contributed by atoms with Crippen LogP contribution in [0.1, 0.15) is 16.1 Å². The van der Waals surface area contributed by atoms with Gasteiger partial charge in [-0.15, -0.1) is 0 Å². The van der Waals surface area contributed by atoms with Crippen molar-refractivity contribution in [2.45, 2.75) is 0 Å². The topological polar surface area (TPSA) is 113 Å². The molecule has 10 nitrogen and oxygen atoms in total. The summed E-state index contributed by atoms with van der Waals surface area (Å²) in [4.78, 5) is 45.8. The second-order valence-electron chi connectivity index (χ2n) is 8.46. The molecule has 10 heteroatoms. The summed E-state index contributed by atoms with van der Waals surface area (Å²) in [6.45, 7) is 6.99. The molecule has 0 bridgehead atoms. The molecular weight excluding hydrogens is 462 g/mol. The lowest BCUT2D eigenvalue weighted by molar-refractivity contribution is -0.136. The maximum absolute atomic E-state index is 12.6. The summed E-state index contributed by atoms with van der Waals surface area (Å²) in [5.74, 6) is -0.772. The Morgan fingerprint density at radius 3 is 2.31 bits per heavy atom. The number of benzene rings is 1. The molecule has 3 heterocycles. The summed E-state index contributed by atoms with van der Waals surface area (Å²) in [6.07, 6.45) is 3.16. The van der Waals surface area contributed by atoms with E-state index in [1.54, 1.807) is 30.3 Å². The Bertz CT molecular complexity index is 1080. The van der Waals surface area contributed by atoms with E-state index in [9.17, 15) is 14.4 Å². The van der Waals surface area contributed by atoms with Crippen LogP contribution in [0.15, 0.2) is 48.5 Å². The normalized spacial score (nSPS) is 16.6. The van der Waals surface area contributed by atoms with Gasteiger partial charge < -0.3 is 25.0 Å². The second-order valence-corrected chi connectivity index (χ2v) is 8.46. The fraction of sp³-hybridized carbons (Fsp3) is 0.385. The van der Waals surface area contributed by atoms with Crippen molar-refractivity contribution in [3.63, 3.8) is 0 Å². The summed E-state index contributed by atoms with van der Waals surface area (Å²) in [5, 5.41) is 5.18. The highest BCUT2D eigenvalue weighted by Crippen LogP contribution is 2.15. The number of morpholine rings is 2. The molecule has 2 N–H and O–H groups in total. The average Bonchev–Trinajstić information content (AvgIpc) is 2.93. The fourth-order valence-electron chi connectivity index (χ4n) is 3.90. The van der Waals surface area contributed by atoms with Gasteiger partial charge in [-0.25, -0.2) is 4.98 Å². The predicted molar refractivity (Wildman–Crippen MR) is 136 cm³/mol. The lowest BCUT2D eigenvalue weighted by Crippen LogP contribution is -2.43. The van der Waals surface area contributed by atoms with Crippen molar-refractivity contribution in [1.29, 1.82) is 0 Å². The highest BCUT2D eigenvalue weighted by Gasteiger charge is 2.16. The summed E-state index contributed by atoms with van der Waals surface area (Å²) >= 11 is 0. The first-order valence-electron chi connectivity index (χ1n) is 12.1. The number of carbonyl (C=O) groups is 3. The van der Waals surface area contributed by atoms with Crippen LogP contribution in [0.3, 0.4) is 0 Å². The number of carbonyl (C=O) groups excluding carboxylic acids is 3. The van der Waals surface area contributed by atoms with Crippen LogP contribution in [0, 0.1) is 0 Å². The molecule has 190 valence electrons. The van der Waals surface area contributed by atoms with Crippen LogP contribution in [0.2, 0.25) is 0 Å². The van der Waals surface area contributed by atoms with Crippen LogP contribution < -0.4 is 15.5 Å². The van der Waals surface area contributed by atoms with Crippen LogP contribution >= 0.6 is 0 Å². The van der Waals surface area contributed by atoms with Crippen molar-refractivity contribution in [2.24, 2.45) is 0 Å². The first-order valence-corrected chi connectivity index (χ1v) is 12.1. The molecular formula is C26H31N5O5. The van der Waals surface area contributed by atoms with Gasteiger partial charge in [0.25, 0.3) is 0 Å². The van der Waals surface area contributed by atoms with E-state index in [4.69, 9.17) is 9.47 Å². The molecule has 2 aliphatic rings. The molecule has 2 saturated heterocycles. The number of nitrogens with zero attached hydrogens (tertiary/aromatic N) is 3. The van der Waals surface area contributed by atoms with Gasteiger partial charge in [0, 0.05) is 50.5 Å². The highest BCUT2D eigenvalue weighted by molar-refractivity contribution is 6.39. The molecule has 0 unspecified atom stereocenters. The smallest absolute Gasteiger partial charge is 0.313 e. The quantitative estimate of drug-likeness (QED) is 0.321. The third-order valence-electron chi connectivity index (χ3n) is 5.95. The minimum Gasteiger partial charge on any atom is -0.379 e. The number of anilines is 2. The van der Waals surface area contributed by atoms with E-state index >= 15 is 0 Å². The molecule has 0 saturated carbocycles. The van der Waals surface area contributed by atoms with Gasteiger partial charge in [-0.05, 0) is 48.6 Å². The summed E-state index contributed by atoms with van der Waals surface area (Å²) in [5.41, 5.74) is 1.59. The maximum Gasteiger partial charge on any atom is 0.313 e. The van der Waals surface area contributed by atoms with E-state index in [1.165, 1.54) is 6.08 Å². The van der Waals surface area contributed by atoms with Gasteiger partial charge in [0.2, 0.25) is 0 Å². The van der Waals surface area contributed by atoms with Crippen molar-refractivity contribution < 1.29 is 23.9 Å². The minimum atomic E-state index is -0.748. The Kier molecular flexibility index (Phi) is 9.15. The van der Waals surface area contributed by atoms with Gasteiger partial charge >= 0.3 is 11.8 Å². The zero-order valence-electron chi connectivity index (χ0n) is 20.2. The Hall–Kier alpha value is -3.60. The first kappa shape index (κ1) is 25.5. The summed E-state index contributed by atoms with van der Waals surface area (Å²) < 4.78 is 10.7. The monoisotopic (exact) mass is 493 g/mol.